The predicted molar refractivity (Wildman–Crippen MR) is 74.5 cm³/mol. The summed E-state index contributed by atoms with van der Waals surface area (Å²) in [6, 6.07) is 0. The molecule has 106 valence electrons. The third-order valence-electron chi connectivity index (χ3n) is 5.56. The van der Waals surface area contributed by atoms with E-state index < -0.39 is 5.60 Å². The number of rotatable bonds is 1. The lowest BCUT2D eigenvalue weighted by Gasteiger charge is -2.49. The van der Waals surface area contributed by atoms with E-state index in [1.54, 1.807) is 0 Å². The van der Waals surface area contributed by atoms with Gasteiger partial charge in [-0.3, -0.25) is 0 Å². The first-order valence-electron chi connectivity index (χ1n) is 7.51. The molecule has 1 aliphatic carbocycles. The smallest absolute Gasteiger partial charge is 0.0732 e. The highest BCUT2D eigenvalue weighted by Crippen LogP contribution is 2.53. The maximum Gasteiger partial charge on any atom is 0.0732 e. The molecule has 2 nitrogen and oxygen atoms in total. The molecule has 1 saturated heterocycles. The zero-order chi connectivity index (χ0) is 13.8. The van der Waals surface area contributed by atoms with Crippen molar-refractivity contribution in [2.24, 2.45) is 17.8 Å². The van der Waals surface area contributed by atoms with Crippen LogP contribution in [0.25, 0.3) is 0 Å². The number of hydrogen-bond donors (Lipinski definition) is 1. The van der Waals surface area contributed by atoms with E-state index in [1.807, 2.05) is 0 Å². The number of hydrogen-bond acceptors (Lipinski definition) is 2. The summed E-state index contributed by atoms with van der Waals surface area (Å²) in [6.45, 7) is 13.1. The molecule has 18 heavy (non-hydrogen) atoms. The van der Waals surface area contributed by atoms with Crippen molar-refractivity contribution in [3.63, 3.8) is 0 Å². The van der Waals surface area contributed by atoms with Crippen LogP contribution in [0.2, 0.25) is 0 Å². The molecule has 4 unspecified atom stereocenters. The summed E-state index contributed by atoms with van der Waals surface area (Å²) in [4.78, 5) is 0. The molecule has 1 saturated carbocycles. The largest absolute Gasteiger partial charge is 0.389 e. The van der Waals surface area contributed by atoms with Crippen LogP contribution in [0.15, 0.2) is 0 Å². The lowest BCUT2D eigenvalue weighted by molar-refractivity contribution is -0.152. The maximum atomic E-state index is 11.3. The van der Waals surface area contributed by atoms with Gasteiger partial charge in [-0.2, -0.15) is 0 Å². The quantitative estimate of drug-likeness (QED) is 0.772. The highest BCUT2D eigenvalue weighted by atomic mass is 16.5. The van der Waals surface area contributed by atoms with Crippen molar-refractivity contribution in [3.05, 3.63) is 0 Å². The lowest BCUT2D eigenvalue weighted by Crippen LogP contribution is -2.54. The molecule has 2 fully saturated rings. The van der Waals surface area contributed by atoms with Gasteiger partial charge in [0.2, 0.25) is 0 Å². The van der Waals surface area contributed by atoms with Gasteiger partial charge in [-0.05, 0) is 52.4 Å². The molecule has 0 aromatic carbocycles. The zero-order valence-electron chi connectivity index (χ0n) is 12.9. The summed E-state index contributed by atoms with van der Waals surface area (Å²) in [5.74, 6) is 1.23. The van der Waals surface area contributed by atoms with Crippen LogP contribution in [0.5, 0.6) is 0 Å². The topological polar surface area (TPSA) is 29.5 Å². The Balaban J connectivity index is 2.29. The van der Waals surface area contributed by atoms with E-state index in [0.717, 1.165) is 19.3 Å². The second-order valence-corrected chi connectivity index (χ2v) is 7.87. The Labute approximate surface area is 112 Å². The van der Waals surface area contributed by atoms with Crippen molar-refractivity contribution in [2.45, 2.75) is 84.0 Å². The van der Waals surface area contributed by atoms with Crippen molar-refractivity contribution in [1.82, 2.24) is 0 Å². The van der Waals surface area contributed by atoms with Crippen LogP contribution >= 0.6 is 0 Å². The van der Waals surface area contributed by atoms with Crippen LogP contribution in [0.3, 0.4) is 0 Å². The fourth-order valence-electron chi connectivity index (χ4n) is 4.51. The molecule has 0 aromatic rings. The average molecular weight is 254 g/mol. The fraction of sp³-hybridized carbons (Fsp3) is 1.00. The third kappa shape index (κ3) is 2.22. The maximum absolute atomic E-state index is 11.3. The Bertz CT molecular complexity index is 321. The average Bonchev–Trinajstić information content (AvgIpc) is 2.44. The van der Waals surface area contributed by atoms with Gasteiger partial charge in [0.25, 0.3) is 0 Å². The van der Waals surface area contributed by atoms with E-state index in [4.69, 9.17) is 4.74 Å². The summed E-state index contributed by atoms with van der Waals surface area (Å²) in [7, 11) is 0. The molecule has 1 aliphatic heterocycles. The van der Waals surface area contributed by atoms with Crippen molar-refractivity contribution in [1.29, 1.82) is 0 Å². The normalized spacial score (nSPS) is 47.2. The molecule has 0 amide bonds. The Morgan fingerprint density at radius 2 is 1.72 bits per heavy atom. The van der Waals surface area contributed by atoms with Crippen LogP contribution in [-0.4, -0.2) is 21.9 Å². The fourth-order valence-corrected chi connectivity index (χ4v) is 4.51. The molecule has 2 heteroatoms. The Morgan fingerprint density at radius 1 is 1.11 bits per heavy atom. The Kier molecular flexibility index (Phi) is 3.35. The summed E-state index contributed by atoms with van der Waals surface area (Å²) < 4.78 is 6.19. The first-order valence-corrected chi connectivity index (χ1v) is 7.51. The van der Waals surface area contributed by atoms with Crippen LogP contribution in [0, 0.1) is 17.8 Å². The highest BCUT2D eigenvalue weighted by Gasteiger charge is 2.57. The lowest BCUT2D eigenvalue weighted by atomic mass is 9.60. The molecular weight excluding hydrogens is 224 g/mol. The van der Waals surface area contributed by atoms with Crippen molar-refractivity contribution in [3.8, 4) is 0 Å². The standard InChI is InChI=1S/C16H30O2/c1-11-8-7-9-16(17,12(11)2)13-10-14(3,4)18-15(13,5)6/h11-13,17H,7-10H2,1-6H3. The Hall–Kier alpha value is -0.0800. The molecule has 1 heterocycles. The molecule has 4 atom stereocenters. The predicted octanol–water partition coefficient (Wildman–Crippen LogP) is 3.77. The van der Waals surface area contributed by atoms with Crippen LogP contribution in [-0.2, 0) is 4.74 Å². The van der Waals surface area contributed by atoms with Gasteiger partial charge in [0, 0.05) is 5.92 Å². The molecule has 2 aliphatic rings. The number of aliphatic hydroxyl groups is 1. The molecule has 0 radical (unpaired) electrons. The minimum absolute atomic E-state index is 0.107. The van der Waals surface area contributed by atoms with E-state index in [0.29, 0.717) is 11.8 Å². The second-order valence-electron chi connectivity index (χ2n) is 7.87. The van der Waals surface area contributed by atoms with Gasteiger partial charge in [0.1, 0.15) is 0 Å². The summed E-state index contributed by atoms with van der Waals surface area (Å²) >= 11 is 0. The molecule has 0 bridgehead atoms. The zero-order valence-corrected chi connectivity index (χ0v) is 12.9. The van der Waals surface area contributed by atoms with Crippen molar-refractivity contribution >= 4 is 0 Å². The van der Waals surface area contributed by atoms with Gasteiger partial charge in [-0.15, -0.1) is 0 Å². The van der Waals surface area contributed by atoms with Gasteiger partial charge < -0.3 is 9.84 Å². The van der Waals surface area contributed by atoms with Gasteiger partial charge >= 0.3 is 0 Å². The molecule has 2 rings (SSSR count). The van der Waals surface area contributed by atoms with E-state index in [1.165, 1.54) is 6.42 Å². The third-order valence-corrected chi connectivity index (χ3v) is 5.56. The summed E-state index contributed by atoms with van der Waals surface area (Å²) in [5.41, 5.74) is -0.872. The van der Waals surface area contributed by atoms with E-state index in [2.05, 4.69) is 41.5 Å². The minimum Gasteiger partial charge on any atom is -0.389 e. The molecule has 1 N–H and O–H groups in total. The first-order chi connectivity index (χ1) is 8.08. The van der Waals surface area contributed by atoms with Gasteiger partial charge in [0.15, 0.2) is 0 Å². The van der Waals surface area contributed by atoms with Crippen molar-refractivity contribution < 1.29 is 9.84 Å². The van der Waals surface area contributed by atoms with E-state index >= 15 is 0 Å². The monoisotopic (exact) mass is 254 g/mol. The van der Waals surface area contributed by atoms with Crippen LogP contribution in [0.4, 0.5) is 0 Å². The first kappa shape index (κ1) is 14.3. The van der Waals surface area contributed by atoms with Crippen molar-refractivity contribution in [2.75, 3.05) is 0 Å². The molecule has 0 aromatic heterocycles. The van der Waals surface area contributed by atoms with Crippen LogP contribution in [0.1, 0.15) is 67.2 Å². The molecule has 0 spiro atoms. The SMILES string of the molecule is CC1CCCC(O)(C2CC(C)(C)OC2(C)C)C1C. The van der Waals surface area contributed by atoms with Crippen LogP contribution < -0.4 is 0 Å². The summed E-state index contributed by atoms with van der Waals surface area (Å²) in [5, 5.41) is 11.3. The summed E-state index contributed by atoms with van der Waals surface area (Å²) in [6.07, 6.45) is 4.30. The number of ether oxygens (including phenoxy) is 1. The van der Waals surface area contributed by atoms with Gasteiger partial charge in [-0.25, -0.2) is 0 Å². The van der Waals surface area contributed by atoms with E-state index in [9.17, 15) is 5.11 Å². The highest BCUT2D eigenvalue weighted by molar-refractivity contribution is 5.07. The minimum atomic E-state index is -0.547. The molecular formula is C16H30O2. The Morgan fingerprint density at radius 3 is 2.22 bits per heavy atom. The van der Waals surface area contributed by atoms with Gasteiger partial charge in [0.05, 0.1) is 16.8 Å². The van der Waals surface area contributed by atoms with E-state index in [-0.39, 0.29) is 17.1 Å². The second kappa shape index (κ2) is 4.21. The van der Waals surface area contributed by atoms with Gasteiger partial charge in [-0.1, -0.05) is 26.7 Å².